The lowest BCUT2D eigenvalue weighted by molar-refractivity contribution is 0.188. The standard InChI is InChI=1S/C27H28N4O3/c1-2-28-27(32)31(18-23-13-8-16-33-23)19-24-25(21-10-4-3-5-11-21)29-34-26(24)30-15-14-20-9-6-7-12-22(20)17-30/h3-13,16H,2,14-15,17-19H2,1H3,(H,28,32). The molecule has 4 aromatic rings. The van der Waals surface area contributed by atoms with Crippen LogP contribution < -0.4 is 10.2 Å². The predicted octanol–water partition coefficient (Wildman–Crippen LogP) is 5.23. The Labute approximate surface area is 199 Å². The molecule has 1 aliphatic heterocycles. The largest absolute Gasteiger partial charge is 0.467 e. The van der Waals surface area contributed by atoms with Gasteiger partial charge in [-0.2, -0.15) is 0 Å². The van der Waals surface area contributed by atoms with E-state index in [1.165, 1.54) is 11.1 Å². The van der Waals surface area contributed by atoms with Crippen molar-refractivity contribution < 1.29 is 13.7 Å². The van der Waals surface area contributed by atoms with Crippen molar-refractivity contribution in [2.24, 2.45) is 0 Å². The lowest BCUT2D eigenvalue weighted by atomic mass is 9.99. The molecule has 1 aliphatic rings. The zero-order chi connectivity index (χ0) is 23.3. The molecule has 2 amide bonds. The summed E-state index contributed by atoms with van der Waals surface area (Å²) in [6.45, 7) is 4.71. The average Bonchev–Trinajstić information content (AvgIpc) is 3.54. The van der Waals surface area contributed by atoms with Gasteiger partial charge in [0.2, 0.25) is 5.88 Å². The number of nitrogens with zero attached hydrogens (tertiary/aromatic N) is 3. The second kappa shape index (κ2) is 9.87. The van der Waals surface area contributed by atoms with E-state index in [-0.39, 0.29) is 6.03 Å². The minimum absolute atomic E-state index is 0.158. The van der Waals surface area contributed by atoms with Crippen molar-refractivity contribution in [1.82, 2.24) is 15.4 Å². The van der Waals surface area contributed by atoms with E-state index in [1.807, 2.05) is 49.4 Å². The van der Waals surface area contributed by atoms with Crippen molar-refractivity contribution in [3.8, 4) is 11.3 Å². The van der Waals surface area contributed by atoms with Gasteiger partial charge in [0.25, 0.3) is 0 Å². The molecule has 0 fully saturated rings. The van der Waals surface area contributed by atoms with E-state index in [0.717, 1.165) is 42.1 Å². The summed E-state index contributed by atoms with van der Waals surface area (Å²) in [5.41, 5.74) is 5.25. The number of carbonyl (C=O) groups is 1. The zero-order valence-electron chi connectivity index (χ0n) is 19.2. The lowest BCUT2D eigenvalue weighted by Gasteiger charge is -2.30. The summed E-state index contributed by atoms with van der Waals surface area (Å²) in [7, 11) is 0. The molecule has 3 heterocycles. The molecule has 34 heavy (non-hydrogen) atoms. The molecular weight excluding hydrogens is 428 g/mol. The number of urea groups is 1. The summed E-state index contributed by atoms with van der Waals surface area (Å²) in [5.74, 6) is 1.43. The van der Waals surface area contributed by atoms with Gasteiger partial charge in [0.15, 0.2) is 0 Å². The normalized spacial score (nSPS) is 12.9. The average molecular weight is 457 g/mol. The van der Waals surface area contributed by atoms with Crippen molar-refractivity contribution in [3.63, 3.8) is 0 Å². The first-order chi connectivity index (χ1) is 16.7. The van der Waals surface area contributed by atoms with Gasteiger partial charge in [0.05, 0.1) is 24.9 Å². The molecule has 0 radical (unpaired) electrons. The molecule has 1 N–H and O–H groups in total. The van der Waals surface area contributed by atoms with Crippen molar-refractivity contribution in [2.45, 2.75) is 33.0 Å². The van der Waals surface area contributed by atoms with Gasteiger partial charge < -0.3 is 24.1 Å². The maximum absolute atomic E-state index is 13.0. The monoisotopic (exact) mass is 456 g/mol. The van der Waals surface area contributed by atoms with Gasteiger partial charge in [-0.15, -0.1) is 0 Å². The molecule has 0 atom stereocenters. The molecule has 0 aliphatic carbocycles. The highest BCUT2D eigenvalue weighted by Gasteiger charge is 2.28. The Hall–Kier alpha value is -4.00. The van der Waals surface area contributed by atoms with Crippen LogP contribution in [-0.4, -0.2) is 29.2 Å². The first-order valence-electron chi connectivity index (χ1n) is 11.6. The third-order valence-corrected chi connectivity index (χ3v) is 6.12. The first kappa shape index (κ1) is 21.8. The van der Waals surface area contributed by atoms with Crippen molar-refractivity contribution in [1.29, 1.82) is 0 Å². The van der Waals surface area contributed by atoms with Crippen LogP contribution in [0.25, 0.3) is 11.3 Å². The summed E-state index contributed by atoms with van der Waals surface area (Å²) < 4.78 is 11.5. The van der Waals surface area contributed by atoms with Crippen LogP contribution in [0.3, 0.4) is 0 Å². The topological polar surface area (TPSA) is 74.8 Å². The maximum Gasteiger partial charge on any atom is 0.318 e. The SMILES string of the molecule is CCNC(=O)N(Cc1ccco1)Cc1c(-c2ccccc2)noc1N1CCc2ccccc2C1. The molecular formula is C27H28N4O3. The number of hydrogen-bond donors (Lipinski definition) is 1. The number of benzene rings is 2. The molecule has 2 aromatic heterocycles. The number of anilines is 1. The Bertz CT molecular complexity index is 1230. The molecule has 0 unspecified atom stereocenters. The Morgan fingerprint density at radius 1 is 1.03 bits per heavy atom. The van der Waals surface area contributed by atoms with Gasteiger partial charge in [-0.05, 0) is 36.6 Å². The van der Waals surface area contributed by atoms with Gasteiger partial charge in [0.1, 0.15) is 11.5 Å². The number of hydrogen-bond acceptors (Lipinski definition) is 5. The molecule has 0 saturated heterocycles. The van der Waals surface area contributed by atoms with E-state index >= 15 is 0 Å². The van der Waals surface area contributed by atoms with E-state index in [4.69, 9.17) is 8.94 Å². The van der Waals surface area contributed by atoms with Crippen LogP contribution in [0.5, 0.6) is 0 Å². The Morgan fingerprint density at radius 3 is 2.59 bits per heavy atom. The third kappa shape index (κ3) is 4.55. The van der Waals surface area contributed by atoms with Crippen LogP contribution in [0, 0.1) is 0 Å². The van der Waals surface area contributed by atoms with Crippen LogP contribution >= 0.6 is 0 Å². The second-order valence-corrected chi connectivity index (χ2v) is 8.39. The second-order valence-electron chi connectivity index (χ2n) is 8.39. The number of aromatic nitrogens is 1. The molecule has 0 bridgehead atoms. The van der Waals surface area contributed by atoms with Gasteiger partial charge >= 0.3 is 6.03 Å². The third-order valence-electron chi connectivity index (χ3n) is 6.12. The summed E-state index contributed by atoms with van der Waals surface area (Å²) in [4.78, 5) is 17.0. The van der Waals surface area contributed by atoms with Gasteiger partial charge in [-0.3, -0.25) is 0 Å². The molecule has 0 spiro atoms. The molecule has 2 aromatic carbocycles. The van der Waals surface area contributed by atoms with Gasteiger partial charge in [0, 0.05) is 25.2 Å². The van der Waals surface area contributed by atoms with Crippen LogP contribution in [-0.2, 0) is 26.1 Å². The highest BCUT2D eigenvalue weighted by Crippen LogP contribution is 2.35. The predicted molar refractivity (Wildman–Crippen MR) is 130 cm³/mol. The number of nitrogens with one attached hydrogen (secondary N) is 1. The molecule has 174 valence electrons. The Balaban J connectivity index is 1.52. The number of furan rings is 1. The number of carbonyl (C=O) groups excluding carboxylic acids is 1. The van der Waals surface area contributed by atoms with E-state index in [2.05, 4.69) is 39.6 Å². The van der Waals surface area contributed by atoms with Crippen LogP contribution in [0.15, 0.2) is 81.9 Å². The smallest absolute Gasteiger partial charge is 0.318 e. The minimum Gasteiger partial charge on any atom is -0.467 e. The summed E-state index contributed by atoms with van der Waals surface area (Å²) >= 11 is 0. The lowest BCUT2D eigenvalue weighted by Crippen LogP contribution is -2.39. The Morgan fingerprint density at radius 2 is 1.82 bits per heavy atom. The van der Waals surface area contributed by atoms with Gasteiger partial charge in [-0.25, -0.2) is 4.79 Å². The maximum atomic E-state index is 13.0. The Kier molecular flexibility index (Phi) is 6.33. The molecule has 5 rings (SSSR count). The highest BCUT2D eigenvalue weighted by atomic mass is 16.5. The minimum atomic E-state index is -0.158. The van der Waals surface area contributed by atoms with Crippen LogP contribution in [0.1, 0.15) is 29.4 Å². The van der Waals surface area contributed by atoms with Crippen LogP contribution in [0.2, 0.25) is 0 Å². The van der Waals surface area contributed by atoms with Crippen molar-refractivity contribution in [2.75, 3.05) is 18.0 Å². The molecule has 7 heteroatoms. The number of rotatable bonds is 7. The van der Waals surface area contributed by atoms with E-state index < -0.39 is 0 Å². The summed E-state index contributed by atoms with van der Waals surface area (Å²) in [6.07, 6.45) is 2.56. The van der Waals surface area contributed by atoms with Crippen molar-refractivity contribution >= 4 is 11.9 Å². The zero-order valence-corrected chi connectivity index (χ0v) is 19.2. The molecule has 7 nitrogen and oxygen atoms in total. The van der Waals surface area contributed by atoms with E-state index in [0.29, 0.717) is 25.5 Å². The fourth-order valence-electron chi connectivity index (χ4n) is 4.43. The number of fused-ring (bicyclic) bond motifs is 1. The van der Waals surface area contributed by atoms with Crippen molar-refractivity contribution in [3.05, 3.63) is 95.4 Å². The molecule has 0 saturated carbocycles. The fourth-order valence-corrected chi connectivity index (χ4v) is 4.43. The van der Waals surface area contributed by atoms with Gasteiger partial charge in [-0.1, -0.05) is 59.8 Å². The quantitative estimate of drug-likeness (QED) is 0.412. The fraction of sp³-hybridized carbons (Fsp3) is 0.259. The summed E-state index contributed by atoms with van der Waals surface area (Å²) in [6, 6.07) is 22.0. The summed E-state index contributed by atoms with van der Waals surface area (Å²) in [5, 5.41) is 7.40. The highest BCUT2D eigenvalue weighted by molar-refractivity contribution is 5.75. The number of amides is 2. The van der Waals surface area contributed by atoms with E-state index in [1.54, 1.807) is 11.2 Å². The van der Waals surface area contributed by atoms with E-state index in [9.17, 15) is 4.79 Å². The first-order valence-corrected chi connectivity index (χ1v) is 11.6. The van der Waals surface area contributed by atoms with Crippen LogP contribution in [0.4, 0.5) is 10.7 Å².